The molecule has 42 heavy (non-hydrogen) atoms. The van der Waals surface area contributed by atoms with E-state index >= 15 is 0 Å². The van der Waals surface area contributed by atoms with Gasteiger partial charge in [0.05, 0.1) is 23.8 Å². The second kappa shape index (κ2) is 12.6. The predicted molar refractivity (Wildman–Crippen MR) is 146 cm³/mol. The van der Waals surface area contributed by atoms with Crippen LogP contribution in [0.2, 0.25) is 5.02 Å². The Morgan fingerprint density at radius 1 is 0.786 bits per heavy atom. The molecule has 1 N–H and O–H groups in total. The molecular formula is C31H25ClF7NO2. The fourth-order valence-electron chi connectivity index (χ4n) is 4.44. The van der Waals surface area contributed by atoms with E-state index in [0.717, 1.165) is 29.8 Å². The van der Waals surface area contributed by atoms with Crippen molar-refractivity contribution in [2.75, 3.05) is 11.5 Å². The zero-order valence-electron chi connectivity index (χ0n) is 22.1. The van der Waals surface area contributed by atoms with Crippen LogP contribution in [0.5, 0.6) is 11.5 Å². The molecule has 0 aliphatic rings. The van der Waals surface area contributed by atoms with Crippen molar-refractivity contribution in [3.63, 3.8) is 0 Å². The van der Waals surface area contributed by atoms with Crippen LogP contribution in [0.15, 0.2) is 84.9 Å². The highest BCUT2D eigenvalue weighted by Crippen LogP contribution is 2.37. The van der Waals surface area contributed by atoms with E-state index in [4.69, 9.17) is 16.3 Å². The van der Waals surface area contributed by atoms with Crippen LogP contribution in [-0.2, 0) is 25.3 Å². The minimum Gasteiger partial charge on any atom is -0.457 e. The molecule has 0 aliphatic carbocycles. The molecule has 4 aromatic carbocycles. The molecule has 0 fully saturated rings. The number of nitrogens with zero attached hydrogens (tertiary/aromatic N) is 1. The largest absolute Gasteiger partial charge is 0.457 e. The first kappa shape index (κ1) is 31.2. The molecule has 0 bridgehead atoms. The van der Waals surface area contributed by atoms with Gasteiger partial charge in [-0.15, -0.1) is 0 Å². The number of benzene rings is 4. The Morgan fingerprint density at radius 2 is 1.43 bits per heavy atom. The number of hydrogen-bond acceptors (Lipinski definition) is 3. The van der Waals surface area contributed by atoms with Crippen molar-refractivity contribution in [1.29, 1.82) is 0 Å². The fraction of sp³-hybridized carbons (Fsp3) is 0.226. The summed E-state index contributed by atoms with van der Waals surface area (Å²) in [5, 5.41) is 11.0. The lowest BCUT2D eigenvalue weighted by Gasteiger charge is -2.34. The van der Waals surface area contributed by atoms with Gasteiger partial charge in [0.1, 0.15) is 17.3 Å². The summed E-state index contributed by atoms with van der Waals surface area (Å²) in [5.41, 5.74) is -0.683. The van der Waals surface area contributed by atoms with E-state index < -0.39 is 41.9 Å². The molecule has 0 amide bonds. The van der Waals surface area contributed by atoms with Gasteiger partial charge in [-0.3, -0.25) is 0 Å². The smallest absolute Gasteiger partial charge is 0.416 e. The molecule has 0 spiro atoms. The molecule has 0 heterocycles. The highest BCUT2D eigenvalue weighted by Gasteiger charge is 2.33. The average Bonchev–Trinajstić information content (AvgIpc) is 2.94. The molecule has 0 saturated carbocycles. The number of aliphatic hydroxyl groups excluding tert-OH is 1. The molecule has 0 aromatic heterocycles. The lowest BCUT2D eigenvalue weighted by atomic mass is 10.0. The number of alkyl halides is 6. The van der Waals surface area contributed by atoms with Crippen LogP contribution in [0.25, 0.3) is 0 Å². The zero-order chi connectivity index (χ0) is 30.7. The number of anilines is 1. The Morgan fingerprint density at radius 3 is 2.02 bits per heavy atom. The number of aliphatic hydroxyl groups is 1. The normalized spacial score (nSPS) is 12.7. The Labute approximate surface area is 242 Å². The summed E-state index contributed by atoms with van der Waals surface area (Å²) >= 11 is 6.19. The Bertz CT molecular complexity index is 1520. The van der Waals surface area contributed by atoms with Gasteiger partial charge in [-0.1, -0.05) is 42.8 Å². The summed E-state index contributed by atoms with van der Waals surface area (Å²) in [4.78, 5) is 1.49. The van der Waals surface area contributed by atoms with Crippen molar-refractivity contribution >= 4 is 17.3 Å². The maximum absolute atomic E-state index is 14.9. The molecular weight excluding hydrogens is 587 g/mol. The third kappa shape index (κ3) is 7.35. The van der Waals surface area contributed by atoms with E-state index in [1.165, 1.54) is 17.0 Å². The van der Waals surface area contributed by atoms with Gasteiger partial charge >= 0.3 is 12.4 Å². The van der Waals surface area contributed by atoms with Crippen molar-refractivity contribution < 1.29 is 40.6 Å². The predicted octanol–water partition coefficient (Wildman–Crippen LogP) is 9.61. The van der Waals surface area contributed by atoms with E-state index in [0.29, 0.717) is 34.7 Å². The molecule has 11 heteroatoms. The molecule has 1 atom stereocenters. The van der Waals surface area contributed by atoms with Crippen molar-refractivity contribution in [1.82, 2.24) is 0 Å². The summed E-state index contributed by atoms with van der Waals surface area (Å²) in [6, 6.07) is 16.8. The summed E-state index contributed by atoms with van der Waals surface area (Å²) < 4.78 is 99.8. The van der Waals surface area contributed by atoms with Crippen LogP contribution in [0.3, 0.4) is 0 Å². The lowest BCUT2D eigenvalue weighted by molar-refractivity contribution is -0.138. The molecule has 3 nitrogen and oxygen atoms in total. The zero-order valence-corrected chi connectivity index (χ0v) is 22.9. The van der Waals surface area contributed by atoms with Crippen LogP contribution in [0.4, 0.5) is 36.4 Å². The maximum atomic E-state index is 14.9. The van der Waals surface area contributed by atoms with Gasteiger partial charge in [0, 0.05) is 28.9 Å². The monoisotopic (exact) mass is 611 g/mol. The van der Waals surface area contributed by atoms with Crippen LogP contribution in [0, 0.1) is 5.82 Å². The second-order valence-electron chi connectivity index (χ2n) is 9.46. The van der Waals surface area contributed by atoms with Gasteiger partial charge in [0.25, 0.3) is 0 Å². The van der Waals surface area contributed by atoms with E-state index in [1.807, 2.05) is 6.92 Å². The molecule has 0 radical (unpaired) electrons. The second-order valence-corrected chi connectivity index (χ2v) is 9.86. The van der Waals surface area contributed by atoms with Gasteiger partial charge in [0.2, 0.25) is 0 Å². The average molecular weight is 612 g/mol. The standard InChI is InChI=1S/C31H25ClF7NO2/c1-2-19-14-26(12-13-27(19)32)42-25-5-3-4-24(16-25)40(17-21-8-11-23(15-28(21)33)31(37,38)39)29(18-41)20-6-9-22(10-7-20)30(34,35)36/h3-16,29,41H,2,17-18H2,1H3. The van der Waals surface area contributed by atoms with E-state index in [2.05, 4.69) is 0 Å². The topological polar surface area (TPSA) is 32.7 Å². The molecule has 222 valence electrons. The van der Waals surface area contributed by atoms with Crippen LogP contribution < -0.4 is 9.64 Å². The maximum Gasteiger partial charge on any atom is 0.416 e. The van der Waals surface area contributed by atoms with Crippen molar-refractivity contribution in [2.45, 2.75) is 38.3 Å². The Hall–Kier alpha value is -3.76. The summed E-state index contributed by atoms with van der Waals surface area (Å²) in [6.45, 7) is 1.01. The Balaban J connectivity index is 1.75. The highest BCUT2D eigenvalue weighted by molar-refractivity contribution is 6.31. The third-order valence-electron chi connectivity index (χ3n) is 6.68. The van der Waals surface area contributed by atoms with Gasteiger partial charge < -0.3 is 14.7 Å². The first-order valence-electron chi connectivity index (χ1n) is 12.8. The van der Waals surface area contributed by atoms with Gasteiger partial charge in [-0.2, -0.15) is 26.3 Å². The van der Waals surface area contributed by atoms with E-state index in [-0.39, 0.29) is 17.7 Å². The molecule has 0 aliphatic heterocycles. The summed E-state index contributed by atoms with van der Waals surface area (Å²) in [7, 11) is 0. The van der Waals surface area contributed by atoms with Crippen molar-refractivity contribution in [3.05, 3.63) is 124 Å². The minimum absolute atomic E-state index is 0.120. The van der Waals surface area contributed by atoms with Crippen molar-refractivity contribution in [2.24, 2.45) is 0 Å². The molecule has 1 unspecified atom stereocenters. The minimum atomic E-state index is -4.75. The van der Waals surface area contributed by atoms with E-state index in [9.17, 15) is 35.8 Å². The quantitative estimate of drug-likeness (QED) is 0.191. The molecule has 4 rings (SSSR count). The van der Waals surface area contributed by atoms with Crippen LogP contribution in [-0.4, -0.2) is 11.7 Å². The molecule has 4 aromatic rings. The number of rotatable bonds is 9. The van der Waals surface area contributed by atoms with Crippen LogP contribution >= 0.6 is 11.6 Å². The number of halogens is 8. The highest BCUT2D eigenvalue weighted by atomic mass is 35.5. The van der Waals surface area contributed by atoms with Crippen LogP contribution in [0.1, 0.15) is 40.8 Å². The van der Waals surface area contributed by atoms with Gasteiger partial charge in [-0.05, 0) is 72.1 Å². The van der Waals surface area contributed by atoms with Gasteiger partial charge in [-0.25, -0.2) is 4.39 Å². The fourth-order valence-corrected chi connectivity index (χ4v) is 4.69. The summed E-state index contributed by atoms with van der Waals surface area (Å²) in [6.07, 6.45) is -8.67. The van der Waals surface area contributed by atoms with Crippen molar-refractivity contribution in [3.8, 4) is 11.5 Å². The Kier molecular flexibility index (Phi) is 9.37. The summed E-state index contributed by atoms with van der Waals surface area (Å²) in [5.74, 6) is -0.298. The SMILES string of the molecule is CCc1cc(Oc2cccc(N(Cc3ccc(C(F)(F)F)cc3F)C(CO)c3ccc(C(F)(F)F)cc3)c2)ccc1Cl. The first-order valence-corrected chi connectivity index (χ1v) is 13.1. The number of hydrogen-bond donors (Lipinski definition) is 1. The number of ether oxygens (including phenoxy) is 1. The number of aryl methyl sites for hydroxylation is 1. The first-order chi connectivity index (χ1) is 19.8. The molecule has 0 saturated heterocycles. The third-order valence-corrected chi connectivity index (χ3v) is 7.04. The van der Waals surface area contributed by atoms with E-state index in [1.54, 1.807) is 42.5 Å². The lowest BCUT2D eigenvalue weighted by Crippen LogP contribution is -2.31. The van der Waals surface area contributed by atoms with Gasteiger partial charge in [0.15, 0.2) is 0 Å².